The summed E-state index contributed by atoms with van der Waals surface area (Å²) in [6, 6.07) is 4.52. The first-order valence-corrected chi connectivity index (χ1v) is 10.6. The number of ether oxygens (including phenoxy) is 1. The number of carboxylic acid groups (broad SMARTS) is 1. The van der Waals surface area contributed by atoms with Gasteiger partial charge in [-0.3, -0.25) is 4.79 Å². The molecule has 1 aromatic carbocycles. The molecular formula is C23H27F3O6. The zero-order valence-corrected chi connectivity index (χ0v) is 17.4. The van der Waals surface area contributed by atoms with E-state index in [1.165, 1.54) is 12.1 Å². The van der Waals surface area contributed by atoms with Crippen molar-refractivity contribution in [2.75, 3.05) is 6.61 Å². The molecule has 9 heteroatoms. The van der Waals surface area contributed by atoms with Crippen molar-refractivity contribution in [1.29, 1.82) is 0 Å². The van der Waals surface area contributed by atoms with Crippen LogP contribution in [0, 0.1) is 11.8 Å². The van der Waals surface area contributed by atoms with Gasteiger partial charge in [-0.1, -0.05) is 30.4 Å². The minimum Gasteiger partial charge on any atom is -0.491 e. The molecule has 1 aliphatic carbocycles. The predicted molar refractivity (Wildman–Crippen MR) is 109 cm³/mol. The van der Waals surface area contributed by atoms with E-state index in [1.54, 1.807) is 6.08 Å². The van der Waals surface area contributed by atoms with E-state index in [0.717, 1.165) is 25.0 Å². The molecule has 0 amide bonds. The summed E-state index contributed by atoms with van der Waals surface area (Å²) in [7, 11) is 0. The fourth-order valence-corrected chi connectivity index (χ4v) is 4.02. The lowest BCUT2D eigenvalue weighted by atomic mass is 9.89. The number of hydrogen-bond acceptors (Lipinski definition) is 5. The van der Waals surface area contributed by atoms with Crippen LogP contribution in [0.4, 0.5) is 13.2 Å². The molecule has 0 spiro atoms. The SMILES string of the molecule is O=C(O)CCC/C=C/CC1C2CC(OO2)C1/C=C/C(O)COc1cccc(C(F)(F)F)c1. The number of aliphatic hydroxyl groups is 1. The van der Waals surface area contributed by atoms with Crippen LogP contribution in [0.3, 0.4) is 0 Å². The summed E-state index contributed by atoms with van der Waals surface area (Å²) in [5, 5.41) is 18.9. The molecule has 3 rings (SSSR count). The Morgan fingerprint density at radius 2 is 2.03 bits per heavy atom. The van der Waals surface area contributed by atoms with Gasteiger partial charge < -0.3 is 14.9 Å². The molecule has 1 aromatic rings. The van der Waals surface area contributed by atoms with Crippen LogP contribution in [0.1, 0.15) is 37.7 Å². The van der Waals surface area contributed by atoms with Gasteiger partial charge in [0, 0.05) is 24.7 Å². The van der Waals surface area contributed by atoms with Crippen molar-refractivity contribution in [2.45, 2.75) is 56.6 Å². The predicted octanol–water partition coefficient (Wildman–Crippen LogP) is 4.54. The Morgan fingerprint density at radius 3 is 2.78 bits per heavy atom. The topological polar surface area (TPSA) is 85.2 Å². The monoisotopic (exact) mass is 456 g/mol. The number of benzene rings is 1. The fourth-order valence-electron chi connectivity index (χ4n) is 4.02. The number of halogens is 3. The quantitative estimate of drug-likeness (QED) is 0.289. The lowest BCUT2D eigenvalue weighted by Gasteiger charge is -2.27. The van der Waals surface area contributed by atoms with Gasteiger partial charge in [0.1, 0.15) is 24.6 Å². The van der Waals surface area contributed by atoms with Crippen molar-refractivity contribution in [3.8, 4) is 5.75 Å². The highest BCUT2D eigenvalue weighted by Crippen LogP contribution is 2.44. The van der Waals surface area contributed by atoms with E-state index < -0.39 is 23.8 Å². The van der Waals surface area contributed by atoms with Crippen LogP contribution in [0.25, 0.3) is 0 Å². The van der Waals surface area contributed by atoms with E-state index in [-0.39, 0.29) is 42.8 Å². The van der Waals surface area contributed by atoms with Crippen LogP contribution < -0.4 is 4.74 Å². The Morgan fingerprint density at radius 1 is 1.25 bits per heavy atom. The summed E-state index contributed by atoms with van der Waals surface area (Å²) < 4.78 is 43.7. The third-order valence-corrected chi connectivity index (χ3v) is 5.64. The van der Waals surface area contributed by atoms with Crippen molar-refractivity contribution in [1.82, 2.24) is 0 Å². The Hall–Kier alpha value is -2.36. The number of rotatable bonds is 11. The van der Waals surface area contributed by atoms with Crippen molar-refractivity contribution < 1.29 is 42.7 Å². The number of aliphatic carboxylic acids is 1. The van der Waals surface area contributed by atoms with Gasteiger partial charge in [-0.15, -0.1) is 0 Å². The molecule has 1 heterocycles. The molecule has 1 saturated carbocycles. The number of alkyl halides is 3. The Balaban J connectivity index is 1.49. The molecule has 176 valence electrons. The summed E-state index contributed by atoms with van der Waals surface area (Å²) in [4.78, 5) is 21.2. The summed E-state index contributed by atoms with van der Waals surface area (Å²) in [6.45, 7) is -0.176. The molecule has 2 N–H and O–H groups in total. The smallest absolute Gasteiger partial charge is 0.416 e. The van der Waals surface area contributed by atoms with Gasteiger partial charge >= 0.3 is 12.1 Å². The van der Waals surface area contributed by atoms with Crippen LogP contribution in [0.5, 0.6) is 5.75 Å². The molecule has 1 aliphatic heterocycles. The van der Waals surface area contributed by atoms with Crippen molar-refractivity contribution in [3.63, 3.8) is 0 Å². The molecular weight excluding hydrogens is 429 g/mol. The van der Waals surface area contributed by atoms with E-state index in [0.29, 0.717) is 12.8 Å². The summed E-state index contributed by atoms with van der Waals surface area (Å²) in [6.07, 6.45) is 4.73. The van der Waals surface area contributed by atoms with E-state index in [1.807, 2.05) is 18.2 Å². The highest BCUT2D eigenvalue weighted by Gasteiger charge is 2.49. The van der Waals surface area contributed by atoms with Crippen LogP contribution in [-0.2, 0) is 20.7 Å². The molecule has 2 bridgehead atoms. The van der Waals surface area contributed by atoms with Crippen molar-refractivity contribution in [3.05, 3.63) is 54.1 Å². The van der Waals surface area contributed by atoms with Gasteiger partial charge in [0.2, 0.25) is 0 Å². The van der Waals surface area contributed by atoms with Gasteiger partial charge in [0.05, 0.1) is 11.7 Å². The average molecular weight is 456 g/mol. The molecule has 2 aliphatic rings. The first kappa shape index (κ1) is 24.3. The molecule has 1 saturated heterocycles. The van der Waals surface area contributed by atoms with E-state index in [2.05, 4.69) is 0 Å². The Kier molecular flexibility index (Phi) is 8.33. The maximum Gasteiger partial charge on any atom is 0.416 e. The number of fused-ring (bicyclic) bond motifs is 2. The second kappa shape index (κ2) is 11.0. The van der Waals surface area contributed by atoms with Crippen molar-refractivity contribution in [2.24, 2.45) is 11.8 Å². The molecule has 0 radical (unpaired) electrons. The van der Waals surface area contributed by atoms with Gasteiger partial charge in [-0.05, 0) is 37.5 Å². The second-order valence-corrected chi connectivity index (χ2v) is 8.03. The lowest BCUT2D eigenvalue weighted by Crippen LogP contribution is -2.29. The normalized spacial score (nSPS) is 26.2. The van der Waals surface area contributed by atoms with E-state index in [9.17, 15) is 23.1 Å². The number of hydrogen-bond donors (Lipinski definition) is 2. The molecule has 5 unspecified atom stereocenters. The van der Waals surface area contributed by atoms with Gasteiger partial charge in [-0.2, -0.15) is 13.2 Å². The van der Waals surface area contributed by atoms with Crippen LogP contribution in [-0.4, -0.2) is 41.1 Å². The van der Waals surface area contributed by atoms with Crippen LogP contribution in [0.2, 0.25) is 0 Å². The summed E-state index contributed by atoms with van der Waals surface area (Å²) in [5.41, 5.74) is -0.807. The molecule has 5 atom stereocenters. The standard InChI is InChI=1S/C23H27F3O6/c24-23(25,26)15-6-5-7-17(12-15)30-14-16(27)10-11-19-18(20-13-21(19)32-31-20)8-3-1-2-4-9-22(28)29/h1,3,5-7,10-12,16,18-21,27H,2,4,8-9,13-14H2,(H,28,29)/b3-1+,11-10+. The first-order chi connectivity index (χ1) is 15.2. The highest BCUT2D eigenvalue weighted by atomic mass is 19.4. The van der Waals surface area contributed by atoms with Crippen LogP contribution in [0.15, 0.2) is 48.6 Å². The van der Waals surface area contributed by atoms with Crippen molar-refractivity contribution >= 4 is 5.97 Å². The van der Waals surface area contributed by atoms with Gasteiger partial charge in [0.15, 0.2) is 0 Å². The van der Waals surface area contributed by atoms with Gasteiger partial charge in [0.25, 0.3) is 0 Å². The largest absolute Gasteiger partial charge is 0.491 e. The number of unbranched alkanes of at least 4 members (excludes halogenated alkanes) is 1. The highest BCUT2D eigenvalue weighted by molar-refractivity contribution is 5.66. The number of carboxylic acids is 1. The zero-order chi connectivity index (χ0) is 23.1. The number of carbonyl (C=O) groups is 1. The Bertz CT molecular complexity index is 822. The maximum atomic E-state index is 12.8. The Labute approximate surface area is 184 Å². The third kappa shape index (κ3) is 6.82. The zero-order valence-electron chi connectivity index (χ0n) is 17.4. The molecule has 6 nitrogen and oxygen atoms in total. The summed E-state index contributed by atoms with van der Waals surface area (Å²) >= 11 is 0. The van der Waals surface area contributed by atoms with E-state index >= 15 is 0 Å². The fraction of sp³-hybridized carbons (Fsp3) is 0.522. The second-order valence-electron chi connectivity index (χ2n) is 8.03. The molecule has 0 aromatic heterocycles. The van der Waals surface area contributed by atoms with Crippen LogP contribution >= 0.6 is 0 Å². The first-order valence-electron chi connectivity index (χ1n) is 10.6. The lowest BCUT2D eigenvalue weighted by molar-refractivity contribution is -0.336. The average Bonchev–Trinajstić information content (AvgIpc) is 3.34. The molecule has 32 heavy (non-hydrogen) atoms. The minimum absolute atomic E-state index is 0.0284. The van der Waals surface area contributed by atoms with E-state index in [4.69, 9.17) is 19.6 Å². The third-order valence-electron chi connectivity index (χ3n) is 5.64. The van der Waals surface area contributed by atoms with Gasteiger partial charge in [-0.25, -0.2) is 9.78 Å². The molecule has 2 fully saturated rings. The summed E-state index contributed by atoms with van der Waals surface area (Å²) in [5.74, 6) is -0.578. The minimum atomic E-state index is -4.46. The number of aliphatic hydroxyl groups excluding tert-OH is 1. The number of allylic oxidation sites excluding steroid dienone is 2. The maximum absolute atomic E-state index is 12.8.